The van der Waals surface area contributed by atoms with E-state index in [2.05, 4.69) is 99.5 Å². The summed E-state index contributed by atoms with van der Waals surface area (Å²) in [5.41, 5.74) is 7.19. The molecule has 5 nitrogen and oxygen atoms in total. The van der Waals surface area contributed by atoms with E-state index in [0.717, 1.165) is 66.1 Å². The number of aromatic nitrogens is 5. The van der Waals surface area contributed by atoms with Crippen molar-refractivity contribution in [3.05, 3.63) is 128 Å². The van der Waals surface area contributed by atoms with Crippen LogP contribution in [-0.2, 0) is 0 Å². The summed E-state index contributed by atoms with van der Waals surface area (Å²) in [5.74, 6) is 0.866. The second-order valence-corrected chi connectivity index (χ2v) is 10.3. The molecular weight excluding hydrogens is 502 g/mol. The van der Waals surface area contributed by atoms with Crippen LogP contribution >= 0.6 is 0 Å². The number of hydrogen-bond acceptors (Lipinski definition) is 4. The topological polar surface area (TPSA) is 56.5 Å². The van der Waals surface area contributed by atoms with Crippen LogP contribution in [0.25, 0.3) is 82.2 Å². The molecule has 190 valence electrons. The fraction of sp³-hybridized carbons (Fsp3) is 0. The zero-order valence-electron chi connectivity index (χ0n) is 21.9. The van der Waals surface area contributed by atoms with Gasteiger partial charge in [-0.3, -0.25) is 19.5 Å². The Morgan fingerprint density at radius 2 is 1.17 bits per heavy atom. The lowest BCUT2D eigenvalue weighted by Crippen LogP contribution is -1.98. The SMILES string of the molecule is c1cnc2c(c1)cc(-c1ccc(-n3c4ccccc4c4c5ccccc5c5ncccc5c43)nc1)c1cccnc12. The Bertz CT molecular complexity index is 2470. The van der Waals surface area contributed by atoms with Crippen molar-refractivity contribution in [2.45, 2.75) is 0 Å². The van der Waals surface area contributed by atoms with Crippen LogP contribution < -0.4 is 0 Å². The van der Waals surface area contributed by atoms with Gasteiger partial charge in [0, 0.05) is 62.7 Å². The van der Waals surface area contributed by atoms with E-state index in [9.17, 15) is 0 Å². The van der Waals surface area contributed by atoms with Gasteiger partial charge in [0.1, 0.15) is 5.82 Å². The van der Waals surface area contributed by atoms with E-state index in [1.54, 1.807) is 0 Å². The maximum Gasteiger partial charge on any atom is 0.137 e. The standard InChI is InChI=1S/C36H21N5/c1-2-10-25-24(9-1)32-27-11-3-4-14-30(27)41(36(32)28-13-7-18-38-34(25)28)31-16-15-23(21-40-31)29-20-22-8-5-17-37-33(22)35-26(29)12-6-19-39-35/h1-21H. The first-order chi connectivity index (χ1) is 20.4. The number of nitrogens with zero attached hydrogens (tertiary/aromatic N) is 5. The van der Waals surface area contributed by atoms with Gasteiger partial charge in [0.15, 0.2) is 0 Å². The first kappa shape index (κ1) is 22.2. The predicted octanol–water partition coefficient (Wildman–Crippen LogP) is 8.64. The minimum absolute atomic E-state index is 0.866. The molecule has 0 fully saturated rings. The summed E-state index contributed by atoms with van der Waals surface area (Å²) < 4.78 is 2.29. The zero-order valence-corrected chi connectivity index (χ0v) is 21.9. The van der Waals surface area contributed by atoms with E-state index in [1.165, 1.54) is 16.2 Å². The Balaban J connectivity index is 1.34. The lowest BCUT2D eigenvalue weighted by molar-refractivity contribution is 1.08. The van der Waals surface area contributed by atoms with E-state index in [0.29, 0.717) is 0 Å². The molecule has 5 aromatic heterocycles. The predicted molar refractivity (Wildman–Crippen MR) is 167 cm³/mol. The Morgan fingerprint density at radius 3 is 2.00 bits per heavy atom. The van der Waals surface area contributed by atoms with Crippen LogP contribution in [0.15, 0.2) is 128 Å². The molecular formula is C36H21N5. The van der Waals surface area contributed by atoms with E-state index in [4.69, 9.17) is 9.97 Å². The highest BCUT2D eigenvalue weighted by Gasteiger charge is 2.20. The summed E-state index contributed by atoms with van der Waals surface area (Å²) >= 11 is 0. The normalized spacial score (nSPS) is 11.9. The minimum Gasteiger partial charge on any atom is -0.293 e. The van der Waals surface area contributed by atoms with Gasteiger partial charge in [-0.25, -0.2) is 4.98 Å². The van der Waals surface area contributed by atoms with Gasteiger partial charge in [0.25, 0.3) is 0 Å². The zero-order chi connectivity index (χ0) is 26.9. The smallest absolute Gasteiger partial charge is 0.137 e. The summed E-state index contributed by atoms with van der Waals surface area (Å²) in [5, 5.41) is 8.02. The van der Waals surface area contributed by atoms with Crippen molar-refractivity contribution in [3.63, 3.8) is 0 Å². The molecule has 5 heterocycles. The molecule has 0 amide bonds. The number of para-hydroxylation sites is 1. The van der Waals surface area contributed by atoms with Gasteiger partial charge in [0.05, 0.1) is 27.6 Å². The Labute approximate surface area is 234 Å². The molecule has 9 rings (SSSR count). The highest BCUT2D eigenvalue weighted by molar-refractivity contribution is 6.31. The van der Waals surface area contributed by atoms with Crippen molar-refractivity contribution < 1.29 is 0 Å². The van der Waals surface area contributed by atoms with Crippen molar-refractivity contribution >= 4 is 65.3 Å². The second-order valence-electron chi connectivity index (χ2n) is 10.3. The van der Waals surface area contributed by atoms with Crippen molar-refractivity contribution in [1.29, 1.82) is 0 Å². The van der Waals surface area contributed by atoms with E-state index >= 15 is 0 Å². The summed E-state index contributed by atoms with van der Waals surface area (Å²) in [7, 11) is 0. The van der Waals surface area contributed by atoms with Gasteiger partial charge in [-0.2, -0.15) is 0 Å². The molecule has 41 heavy (non-hydrogen) atoms. The molecule has 5 heteroatoms. The molecule has 0 saturated heterocycles. The molecule has 0 bridgehead atoms. The average molecular weight is 524 g/mol. The van der Waals surface area contributed by atoms with Gasteiger partial charge < -0.3 is 0 Å². The molecule has 0 aliphatic rings. The van der Waals surface area contributed by atoms with Gasteiger partial charge >= 0.3 is 0 Å². The molecule has 0 aliphatic carbocycles. The van der Waals surface area contributed by atoms with E-state index in [1.807, 2.05) is 43.0 Å². The third kappa shape index (κ3) is 3.11. The highest BCUT2D eigenvalue weighted by atomic mass is 15.1. The van der Waals surface area contributed by atoms with E-state index in [-0.39, 0.29) is 0 Å². The lowest BCUT2D eigenvalue weighted by atomic mass is 9.99. The fourth-order valence-electron chi connectivity index (χ4n) is 6.42. The third-order valence-corrected chi connectivity index (χ3v) is 8.14. The molecule has 0 aliphatic heterocycles. The first-order valence-electron chi connectivity index (χ1n) is 13.6. The Kier molecular flexibility index (Phi) is 4.55. The van der Waals surface area contributed by atoms with E-state index < -0.39 is 0 Å². The third-order valence-electron chi connectivity index (χ3n) is 8.14. The summed E-state index contributed by atoms with van der Waals surface area (Å²) in [6.45, 7) is 0. The number of pyridine rings is 4. The van der Waals surface area contributed by atoms with Gasteiger partial charge in [-0.1, -0.05) is 54.6 Å². The summed E-state index contributed by atoms with van der Waals surface area (Å²) in [6.07, 6.45) is 7.49. The molecule has 0 N–H and O–H groups in total. The van der Waals surface area contributed by atoms with Crippen molar-refractivity contribution in [3.8, 4) is 16.9 Å². The van der Waals surface area contributed by atoms with Gasteiger partial charge in [-0.05, 0) is 59.5 Å². The van der Waals surface area contributed by atoms with Crippen LogP contribution in [0.5, 0.6) is 0 Å². The monoisotopic (exact) mass is 523 g/mol. The first-order valence-corrected chi connectivity index (χ1v) is 13.6. The number of fused-ring (bicyclic) bond motifs is 11. The number of rotatable bonds is 2. The molecule has 0 atom stereocenters. The molecule has 0 unspecified atom stereocenters. The fourth-order valence-corrected chi connectivity index (χ4v) is 6.42. The summed E-state index contributed by atoms with van der Waals surface area (Å²) in [6, 6.07) is 35.9. The Hall–Kier alpha value is -5.68. The van der Waals surface area contributed by atoms with Gasteiger partial charge in [0.2, 0.25) is 0 Å². The average Bonchev–Trinajstić information content (AvgIpc) is 3.40. The van der Waals surface area contributed by atoms with Crippen LogP contribution in [0.4, 0.5) is 0 Å². The molecule has 0 radical (unpaired) electrons. The quantitative estimate of drug-likeness (QED) is 0.213. The van der Waals surface area contributed by atoms with Crippen LogP contribution in [0.3, 0.4) is 0 Å². The van der Waals surface area contributed by atoms with Crippen molar-refractivity contribution in [2.75, 3.05) is 0 Å². The van der Waals surface area contributed by atoms with Crippen LogP contribution in [0.1, 0.15) is 0 Å². The Morgan fingerprint density at radius 1 is 0.488 bits per heavy atom. The largest absolute Gasteiger partial charge is 0.293 e. The maximum atomic E-state index is 5.08. The summed E-state index contributed by atoms with van der Waals surface area (Å²) in [4.78, 5) is 19.2. The lowest BCUT2D eigenvalue weighted by Gasteiger charge is -2.12. The molecule has 0 saturated carbocycles. The van der Waals surface area contributed by atoms with Crippen LogP contribution in [0.2, 0.25) is 0 Å². The number of hydrogen-bond donors (Lipinski definition) is 0. The molecule has 4 aromatic carbocycles. The molecule has 0 spiro atoms. The van der Waals surface area contributed by atoms with Crippen molar-refractivity contribution in [2.24, 2.45) is 0 Å². The van der Waals surface area contributed by atoms with Gasteiger partial charge in [-0.15, -0.1) is 0 Å². The van der Waals surface area contributed by atoms with Crippen molar-refractivity contribution in [1.82, 2.24) is 24.5 Å². The number of benzene rings is 4. The highest BCUT2D eigenvalue weighted by Crippen LogP contribution is 2.41. The minimum atomic E-state index is 0.866. The second kappa shape index (κ2) is 8.41. The van der Waals surface area contributed by atoms with Crippen LogP contribution in [0, 0.1) is 0 Å². The van der Waals surface area contributed by atoms with Crippen LogP contribution in [-0.4, -0.2) is 24.5 Å². The molecule has 9 aromatic rings. The maximum absolute atomic E-state index is 5.08.